The molecule has 3 aliphatic rings. The van der Waals surface area contributed by atoms with Crippen LogP contribution in [0.4, 0.5) is 17.4 Å². The Morgan fingerprint density at radius 2 is 1.94 bits per heavy atom. The lowest BCUT2D eigenvalue weighted by atomic mass is 10.1. The molecule has 3 aromatic rings. The van der Waals surface area contributed by atoms with Crippen LogP contribution in [-0.2, 0) is 4.74 Å². The summed E-state index contributed by atoms with van der Waals surface area (Å²) in [5.41, 5.74) is 9.58. The van der Waals surface area contributed by atoms with E-state index in [4.69, 9.17) is 14.1 Å². The lowest BCUT2D eigenvalue weighted by Crippen LogP contribution is -2.36. The quantitative estimate of drug-likeness (QED) is 0.507. The average molecular weight is 482 g/mol. The van der Waals surface area contributed by atoms with E-state index in [1.54, 1.807) is 5.38 Å². The second-order valence-electron chi connectivity index (χ2n) is 8.63. The molecule has 1 aromatic carbocycles. The fraction of sp³-hybridized carbons (Fsp3) is 0.435. The first kappa shape index (κ1) is 21.4. The highest BCUT2D eigenvalue weighted by atomic mass is 32.1. The highest BCUT2D eigenvalue weighted by Gasteiger charge is 2.23. The number of fused-ring (bicyclic) bond motifs is 1. The molecular weight excluding hydrogens is 454 g/mol. The van der Waals surface area contributed by atoms with Crippen LogP contribution in [-0.4, -0.2) is 55.3 Å². The van der Waals surface area contributed by atoms with Crippen LogP contribution in [0.15, 0.2) is 34.2 Å². The Hall–Kier alpha value is -3.15. The summed E-state index contributed by atoms with van der Waals surface area (Å²) >= 11 is 1.46. The van der Waals surface area contributed by atoms with Crippen molar-refractivity contribution in [1.82, 2.24) is 20.8 Å². The molecule has 5 heterocycles. The molecule has 0 saturated carbocycles. The molecule has 1 unspecified atom stereocenters. The van der Waals surface area contributed by atoms with E-state index in [1.807, 2.05) is 24.4 Å². The van der Waals surface area contributed by atoms with Crippen LogP contribution in [0.2, 0.25) is 0 Å². The number of morpholine rings is 1. The second kappa shape index (κ2) is 9.24. The molecule has 10 nitrogen and oxygen atoms in total. The molecule has 34 heavy (non-hydrogen) atoms. The highest BCUT2D eigenvalue weighted by Crippen LogP contribution is 2.35. The summed E-state index contributed by atoms with van der Waals surface area (Å²) in [6.07, 6.45) is 7.29. The first-order chi connectivity index (χ1) is 16.7. The van der Waals surface area contributed by atoms with Gasteiger partial charge in [0.05, 0.1) is 30.6 Å². The molecule has 1 atom stereocenters. The number of benzene rings is 1. The van der Waals surface area contributed by atoms with Gasteiger partial charge in [-0.05, 0) is 31.4 Å². The number of hydrogen-bond donors (Lipinski definition) is 3. The zero-order valence-electron chi connectivity index (χ0n) is 18.7. The summed E-state index contributed by atoms with van der Waals surface area (Å²) < 4.78 is 11.6. The van der Waals surface area contributed by atoms with Gasteiger partial charge in [-0.1, -0.05) is 0 Å². The van der Waals surface area contributed by atoms with E-state index in [9.17, 15) is 4.79 Å². The van der Waals surface area contributed by atoms with E-state index < -0.39 is 0 Å². The summed E-state index contributed by atoms with van der Waals surface area (Å²) in [6, 6.07) is 4.50. The molecule has 3 N–H and O–H groups in total. The number of carbonyl (C=O) groups excluding carboxylic acids is 1. The van der Waals surface area contributed by atoms with Crippen molar-refractivity contribution in [3.63, 3.8) is 0 Å². The molecule has 0 spiro atoms. The topological polar surface area (TPSA) is 108 Å². The molecule has 2 saturated heterocycles. The third-order valence-electron chi connectivity index (χ3n) is 6.35. The number of anilines is 3. The van der Waals surface area contributed by atoms with Gasteiger partial charge in [-0.2, -0.15) is 4.98 Å². The van der Waals surface area contributed by atoms with Crippen LogP contribution in [0.1, 0.15) is 40.8 Å². The van der Waals surface area contributed by atoms with E-state index >= 15 is 0 Å². The third kappa shape index (κ3) is 4.22. The van der Waals surface area contributed by atoms with Crippen molar-refractivity contribution in [2.24, 2.45) is 0 Å². The van der Waals surface area contributed by atoms with Gasteiger partial charge >= 0.3 is 0 Å². The number of thiazole rings is 1. The van der Waals surface area contributed by atoms with Crippen LogP contribution in [0.25, 0.3) is 11.1 Å². The van der Waals surface area contributed by atoms with Crippen molar-refractivity contribution in [3.8, 4) is 0 Å². The molecular formula is C23H27N7O3S. The zero-order valence-corrected chi connectivity index (χ0v) is 19.6. The van der Waals surface area contributed by atoms with E-state index in [1.165, 1.54) is 17.8 Å². The maximum Gasteiger partial charge on any atom is 0.298 e. The number of rotatable bonds is 5. The van der Waals surface area contributed by atoms with Crippen LogP contribution in [0.3, 0.4) is 0 Å². The Balaban J connectivity index is 1.31. The predicted molar refractivity (Wildman–Crippen MR) is 131 cm³/mol. The maximum atomic E-state index is 13.2. The number of piperidine rings is 1. The maximum absolute atomic E-state index is 13.2. The Labute approximate surface area is 200 Å². The number of carbonyl (C=O) groups is 1. The largest absolute Gasteiger partial charge is 0.423 e. The molecule has 178 valence electrons. The minimum atomic E-state index is -0.233. The Bertz CT molecular complexity index is 1210. The zero-order chi connectivity index (χ0) is 22.9. The minimum Gasteiger partial charge on any atom is -0.423 e. The van der Waals surface area contributed by atoms with Crippen molar-refractivity contribution >= 4 is 45.7 Å². The molecule has 0 aliphatic carbocycles. The van der Waals surface area contributed by atoms with Crippen LogP contribution in [0.5, 0.6) is 0 Å². The van der Waals surface area contributed by atoms with Crippen LogP contribution in [0, 0.1) is 0 Å². The first-order valence-corrected chi connectivity index (χ1v) is 12.6. The number of ether oxygens (including phenoxy) is 1. The van der Waals surface area contributed by atoms with Crippen molar-refractivity contribution in [1.29, 1.82) is 0 Å². The minimum absolute atomic E-state index is 0.0281. The Kier molecular flexibility index (Phi) is 5.81. The van der Waals surface area contributed by atoms with Crippen LogP contribution < -0.4 is 26.0 Å². The Morgan fingerprint density at radius 1 is 1.09 bits per heavy atom. The van der Waals surface area contributed by atoms with Crippen molar-refractivity contribution in [2.45, 2.75) is 25.3 Å². The smallest absolute Gasteiger partial charge is 0.298 e. The molecule has 6 rings (SSSR count). The first-order valence-electron chi connectivity index (χ1n) is 11.7. The number of oxazole rings is 1. The van der Waals surface area contributed by atoms with Crippen molar-refractivity contribution in [2.75, 3.05) is 54.5 Å². The van der Waals surface area contributed by atoms with Gasteiger partial charge < -0.3 is 29.7 Å². The fourth-order valence-corrected chi connectivity index (χ4v) is 5.36. The number of nitrogens with zero attached hydrogens (tertiary/aromatic N) is 4. The van der Waals surface area contributed by atoms with Crippen molar-refractivity contribution < 1.29 is 13.9 Å². The molecule has 1 amide bonds. The Morgan fingerprint density at radius 3 is 2.74 bits per heavy atom. The van der Waals surface area contributed by atoms with E-state index in [2.05, 4.69) is 31.0 Å². The standard InChI is InChI=1S/C23H27N7O3S/c31-21(18-14-34-22(26-18)15-4-5-24-28-15)25-16-13-20-17(12-19(16)29-6-2-1-3-7-29)27-23(33-20)30-8-10-32-11-9-30/h4-5,12-15,24,28H,1-3,6-11H2,(H,25,31). The van der Waals surface area contributed by atoms with Crippen molar-refractivity contribution in [3.05, 3.63) is 40.5 Å². The van der Waals surface area contributed by atoms with E-state index in [-0.39, 0.29) is 11.9 Å². The number of hydrogen-bond acceptors (Lipinski definition) is 10. The van der Waals surface area contributed by atoms with E-state index in [0.29, 0.717) is 30.5 Å². The SMILES string of the molecule is O=C(Nc1cc2oc(N3CCOCC3)nc2cc1N1CCCCC1)c1csc(C2C=CNN2)n1. The van der Waals surface area contributed by atoms with Gasteiger partial charge in [0.25, 0.3) is 11.9 Å². The number of nitrogens with one attached hydrogen (secondary N) is 3. The molecule has 3 aliphatic heterocycles. The van der Waals surface area contributed by atoms with Gasteiger partial charge in [-0.15, -0.1) is 11.3 Å². The average Bonchev–Trinajstić information content (AvgIpc) is 3.65. The van der Waals surface area contributed by atoms with Gasteiger partial charge in [0.15, 0.2) is 5.58 Å². The van der Waals surface area contributed by atoms with E-state index in [0.717, 1.165) is 60.9 Å². The number of aromatic nitrogens is 2. The molecule has 0 radical (unpaired) electrons. The summed E-state index contributed by atoms with van der Waals surface area (Å²) in [5, 5.41) is 5.73. The number of amides is 1. The monoisotopic (exact) mass is 481 g/mol. The highest BCUT2D eigenvalue weighted by molar-refractivity contribution is 7.10. The van der Waals surface area contributed by atoms with Gasteiger partial charge in [0.1, 0.15) is 16.2 Å². The second-order valence-corrected chi connectivity index (χ2v) is 9.52. The van der Waals surface area contributed by atoms with Gasteiger partial charge in [-0.3, -0.25) is 4.79 Å². The summed E-state index contributed by atoms with van der Waals surface area (Å²) in [4.78, 5) is 26.9. The molecule has 0 bridgehead atoms. The fourth-order valence-electron chi connectivity index (χ4n) is 4.53. The third-order valence-corrected chi connectivity index (χ3v) is 7.28. The van der Waals surface area contributed by atoms with Gasteiger partial charge in [0, 0.05) is 43.8 Å². The lowest BCUT2D eigenvalue weighted by Gasteiger charge is -2.30. The molecule has 2 aromatic heterocycles. The summed E-state index contributed by atoms with van der Waals surface area (Å²) in [5.74, 6) is -0.233. The van der Waals surface area contributed by atoms with Gasteiger partial charge in [0.2, 0.25) is 0 Å². The lowest BCUT2D eigenvalue weighted by molar-refractivity contribution is 0.102. The summed E-state index contributed by atoms with van der Waals surface area (Å²) in [6.45, 7) is 4.74. The number of hydrazine groups is 1. The molecule has 2 fully saturated rings. The normalized spacial score (nSPS) is 20.6. The predicted octanol–water partition coefficient (Wildman–Crippen LogP) is 3.03. The van der Waals surface area contributed by atoms with Gasteiger partial charge in [-0.25, -0.2) is 10.4 Å². The molecule has 11 heteroatoms. The summed E-state index contributed by atoms with van der Waals surface area (Å²) in [7, 11) is 0. The van der Waals surface area contributed by atoms with Crippen LogP contribution >= 0.6 is 11.3 Å².